The van der Waals surface area contributed by atoms with Crippen LogP contribution in [-0.4, -0.2) is 15.0 Å². The second kappa shape index (κ2) is 13.7. The SMILES string of the molecule is c1ccc(-c2ccc(N(c3ccc4c(c3)oc3cccc(-c5nc(-c6ccccc6)nc(-c6ccccc6)n5)c34)c3ccc4sc5ccccc5c4c3)cc2)cc1. The van der Waals surface area contributed by atoms with Gasteiger partial charge >= 0.3 is 0 Å². The van der Waals surface area contributed by atoms with Gasteiger partial charge in [-0.25, -0.2) is 15.0 Å². The summed E-state index contributed by atoms with van der Waals surface area (Å²) < 4.78 is 9.26. The van der Waals surface area contributed by atoms with Gasteiger partial charge < -0.3 is 9.32 Å². The molecule has 0 unspecified atom stereocenters. The van der Waals surface area contributed by atoms with Gasteiger partial charge in [0.25, 0.3) is 0 Å². The van der Waals surface area contributed by atoms with E-state index in [1.807, 2.05) is 84.1 Å². The molecule has 11 aromatic rings. The first-order valence-electron chi connectivity index (χ1n) is 18.9. The predicted octanol–water partition coefficient (Wildman–Crippen LogP) is 14.3. The van der Waals surface area contributed by atoms with Crippen molar-refractivity contribution in [3.05, 3.63) is 194 Å². The number of anilines is 3. The summed E-state index contributed by atoms with van der Waals surface area (Å²) in [6, 6.07) is 67.5. The van der Waals surface area contributed by atoms with Crippen LogP contribution in [0, 0.1) is 0 Å². The van der Waals surface area contributed by atoms with Gasteiger partial charge in [-0.05, 0) is 65.7 Å². The molecule has 3 aromatic heterocycles. The van der Waals surface area contributed by atoms with Gasteiger partial charge in [-0.1, -0.05) is 133 Å². The quantitative estimate of drug-likeness (QED) is 0.162. The molecule has 0 spiro atoms. The van der Waals surface area contributed by atoms with E-state index in [9.17, 15) is 0 Å². The maximum absolute atomic E-state index is 6.70. The number of aromatic nitrogens is 3. The van der Waals surface area contributed by atoms with Gasteiger partial charge in [0.2, 0.25) is 0 Å². The predicted molar refractivity (Wildman–Crippen MR) is 236 cm³/mol. The Morgan fingerprint density at radius 3 is 1.65 bits per heavy atom. The van der Waals surface area contributed by atoms with E-state index in [1.165, 1.54) is 31.3 Å². The van der Waals surface area contributed by atoms with Gasteiger partial charge in [0.05, 0.1) is 0 Å². The largest absolute Gasteiger partial charge is 0.456 e. The van der Waals surface area contributed by atoms with Crippen molar-refractivity contribution in [1.29, 1.82) is 0 Å². The molecule has 0 bridgehead atoms. The first kappa shape index (κ1) is 33.0. The fourth-order valence-electron chi connectivity index (χ4n) is 7.80. The summed E-state index contributed by atoms with van der Waals surface area (Å²) >= 11 is 1.83. The summed E-state index contributed by atoms with van der Waals surface area (Å²) in [5, 5.41) is 4.47. The third-order valence-electron chi connectivity index (χ3n) is 10.5. The van der Waals surface area contributed by atoms with Crippen LogP contribution in [0.4, 0.5) is 17.1 Å². The number of nitrogens with zero attached hydrogens (tertiary/aromatic N) is 4. The fraction of sp³-hybridized carbons (Fsp3) is 0. The maximum atomic E-state index is 6.70. The van der Waals surface area contributed by atoms with Crippen molar-refractivity contribution in [1.82, 2.24) is 15.0 Å². The zero-order valence-corrected chi connectivity index (χ0v) is 31.4. The summed E-state index contributed by atoms with van der Waals surface area (Å²) in [5.41, 5.74) is 9.77. The van der Waals surface area contributed by atoms with Crippen LogP contribution >= 0.6 is 11.3 Å². The molecule has 0 amide bonds. The lowest BCUT2D eigenvalue weighted by Crippen LogP contribution is -2.09. The van der Waals surface area contributed by atoms with E-state index in [-0.39, 0.29) is 0 Å². The number of fused-ring (bicyclic) bond motifs is 6. The van der Waals surface area contributed by atoms with Gasteiger partial charge in [0.15, 0.2) is 17.5 Å². The van der Waals surface area contributed by atoms with Crippen molar-refractivity contribution in [3.8, 4) is 45.3 Å². The molecule has 0 aliphatic carbocycles. The molecule has 5 nitrogen and oxygen atoms in total. The van der Waals surface area contributed by atoms with Crippen molar-refractivity contribution in [2.24, 2.45) is 0 Å². The smallest absolute Gasteiger partial charge is 0.164 e. The van der Waals surface area contributed by atoms with Crippen molar-refractivity contribution < 1.29 is 4.42 Å². The van der Waals surface area contributed by atoms with E-state index in [2.05, 4.69) is 126 Å². The van der Waals surface area contributed by atoms with Gasteiger partial charge in [0, 0.05) is 70.8 Å². The van der Waals surface area contributed by atoms with E-state index in [4.69, 9.17) is 19.4 Å². The van der Waals surface area contributed by atoms with Crippen LogP contribution in [0.25, 0.3) is 87.4 Å². The first-order chi connectivity index (χ1) is 28.2. The number of hydrogen-bond donors (Lipinski definition) is 0. The van der Waals surface area contributed by atoms with E-state index < -0.39 is 0 Å². The van der Waals surface area contributed by atoms with Crippen LogP contribution in [0.3, 0.4) is 0 Å². The second-order valence-corrected chi connectivity index (χ2v) is 15.1. The highest BCUT2D eigenvalue weighted by Gasteiger charge is 2.21. The molecule has 0 N–H and O–H groups in total. The zero-order valence-electron chi connectivity index (χ0n) is 30.6. The monoisotopic (exact) mass is 748 g/mol. The average molecular weight is 749 g/mol. The maximum Gasteiger partial charge on any atom is 0.164 e. The molecule has 0 saturated carbocycles. The standard InChI is InChI=1S/C51H32N4OS/c1-4-13-33(14-5-1)34-23-25-37(26-24-34)55(38-28-30-47-43(31-38)40-19-10-11-22-46(40)57-47)39-27-29-41-45(32-39)56-44-21-12-20-42(48(41)44)51-53-49(35-15-6-2-7-16-35)52-50(54-51)36-17-8-3-9-18-36/h1-32H. The van der Waals surface area contributed by atoms with Crippen LogP contribution in [0.5, 0.6) is 0 Å². The molecule has 0 fully saturated rings. The number of benzene rings is 8. The number of rotatable bonds is 7. The van der Waals surface area contributed by atoms with Crippen LogP contribution in [-0.2, 0) is 0 Å². The highest BCUT2D eigenvalue weighted by atomic mass is 32.1. The average Bonchev–Trinajstić information content (AvgIpc) is 3.85. The molecule has 0 aliphatic heterocycles. The van der Waals surface area contributed by atoms with Crippen LogP contribution in [0.15, 0.2) is 199 Å². The lowest BCUT2D eigenvalue weighted by molar-refractivity contribution is 0.669. The highest BCUT2D eigenvalue weighted by molar-refractivity contribution is 7.25. The summed E-state index contributed by atoms with van der Waals surface area (Å²) in [6.45, 7) is 0. The lowest BCUT2D eigenvalue weighted by Gasteiger charge is -2.26. The molecular formula is C51H32N4OS. The van der Waals surface area contributed by atoms with Gasteiger partial charge in [-0.2, -0.15) is 0 Å². The summed E-state index contributed by atoms with van der Waals surface area (Å²) in [7, 11) is 0. The number of thiophene rings is 1. The molecular weight excluding hydrogens is 717 g/mol. The Kier molecular flexibility index (Phi) is 7.93. The Labute approximate surface area is 332 Å². The second-order valence-electron chi connectivity index (χ2n) is 14.0. The number of hydrogen-bond acceptors (Lipinski definition) is 6. The Hall–Kier alpha value is -7.41. The van der Waals surface area contributed by atoms with E-state index in [1.54, 1.807) is 0 Å². The molecule has 57 heavy (non-hydrogen) atoms. The topological polar surface area (TPSA) is 55.1 Å². The van der Waals surface area contributed by atoms with Crippen LogP contribution in [0.1, 0.15) is 0 Å². The van der Waals surface area contributed by atoms with Crippen molar-refractivity contribution >= 4 is 70.5 Å². The molecule has 0 aliphatic rings. The molecule has 0 atom stereocenters. The van der Waals surface area contributed by atoms with E-state index in [0.29, 0.717) is 17.5 Å². The molecule has 6 heteroatoms. The Morgan fingerprint density at radius 2 is 0.930 bits per heavy atom. The summed E-state index contributed by atoms with van der Waals surface area (Å²) in [6.07, 6.45) is 0. The summed E-state index contributed by atoms with van der Waals surface area (Å²) in [4.78, 5) is 17.4. The third-order valence-corrected chi connectivity index (χ3v) is 11.7. The Morgan fingerprint density at radius 1 is 0.368 bits per heavy atom. The Balaban J connectivity index is 1.07. The van der Waals surface area contributed by atoms with Crippen molar-refractivity contribution in [3.63, 3.8) is 0 Å². The van der Waals surface area contributed by atoms with Crippen LogP contribution < -0.4 is 4.90 Å². The molecule has 3 heterocycles. The van der Waals surface area contributed by atoms with Crippen molar-refractivity contribution in [2.45, 2.75) is 0 Å². The normalized spacial score (nSPS) is 11.5. The van der Waals surface area contributed by atoms with E-state index >= 15 is 0 Å². The summed E-state index contributed by atoms with van der Waals surface area (Å²) in [5.74, 6) is 1.84. The minimum absolute atomic E-state index is 0.594. The lowest BCUT2D eigenvalue weighted by atomic mass is 10.0. The first-order valence-corrected chi connectivity index (χ1v) is 19.7. The Bertz CT molecular complexity index is 3170. The number of furan rings is 1. The highest BCUT2D eigenvalue weighted by Crippen LogP contribution is 2.44. The zero-order chi connectivity index (χ0) is 37.7. The van der Waals surface area contributed by atoms with Gasteiger partial charge in [-0.3, -0.25) is 0 Å². The van der Waals surface area contributed by atoms with E-state index in [0.717, 1.165) is 55.7 Å². The minimum atomic E-state index is 0.594. The fourth-order valence-corrected chi connectivity index (χ4v) is 8.89. The molecule has 0 radical (unpaired) electrons. The molecule has 268 valence electrons. The van der Waals surface area contributed by atoms with Crippen LogP contribution in [0.2, 0.25) is 0 Å². The molecule has 11 rings (SSSR count). The van der Waals surface area contributed by atoms with Gasteiger partial charge in [-0.15, -0.1) is 11.3 Å². The van der Waals surface area contributed by atoms with Crippen molar-refractivity contribution in [2.75, 3.05) is 4.90 Å². The minimum Gasteiger partial charge on any atom is -0.456 e. The molecule has 8 aromatic carbocycles. The van der Waals surface area contributed by atoms with Gasteiger partial charge in [0.1, 0.15) is 11.2 Å². The third kappa shape index (κ3) is 5.91. The molecule has 0 saturated heterocycles.